The molecule has 0 aromatic heterocycles. The van der Waals surface area contributed by atoms with E-state index in [2.05, 4.69) is 86.6 Å². The number of aliphatic hydroxyl groups excluding tert-OH is 2. The Morgan fingerprint density at radius 1 is 0.541 bits per heavy atom. The van der Waals surface area contributed by atoms with Gasteiger partial charge in [-0.2, -0.15) is 0 Å². The summed E-state index contributed by atoms with van der Waals surface area (Å²) in [4.78, 5) is 0. The molecule has 37 heavy (non-hydrogen) atoms. The van der Waals surface area contributed by atoms with Crippen LogP contribution in [0.2, 0.25) is 0 Å². The van der Waals surface area contributed by atoms with Gasteiger partial charge >= 0.3 is 0 Å². The van der Waals surface area contributed by atoms with E-state index in [0.717, 1.165) is 33.8 Å². The summed E-state index contributed by atoms with van der Waals surface area (Å²) in [5.41, 5.74) is 6.16. The summed E-state index contributed by atoms with van der Waals surface area (Å²) >= 11 is 0. The summed E-state index contributed by atoms with van der Waals surface area (Å²) in [6.45, 7) is 5.33. The van der Waals surface area contributed by atoms with Crippen LogP contribution in [0.1, 0.15) is 46.2 Å². The van der Waals surface area contributed by atoms with Crippen LogP contribution < -0.4 is 9.47 Å². The molecule has 4 aromatic carbocycles. The maximum atomic E-state index is 9.14. The highest BCUT2D eigenvalue weighted by atomic mass is 16.5. The molecule has 192 valence electrons. The van der Waals surface area contributed by atoms with E-state index in [0.29, 0.717) is 26.1 Å². The highest BCUT2D eigenvalue weighted by molar-refractivity contribution is 5.62. The molecule has 0 aliphatic rings. The normalized spacial score (nSPS) is 11.4. The number of benzene rings is 4. The van der Waals surface area contributed by atoms with Gasteiger partial charge in [-0.1, -0.05) is 84.9 Å². The molecule has 0 radical (unpaired) electrons. The molecular weight excluding hydrogens is 460 g/mol. The zero-order chi connectivity index (χ0) is 26.1. The van der Waals surface area contributed by atoms with Crippen LogP contribution in [0.5, 0.6) is 11.5 Å². The predicted octanol–water partition coefficient (Wildman–Crippen LogP) is 6.21. The Bertz CT molecular complexity index is 1170. The van der Waals surface area contributed by atoms with Crippen LogP contribution in [0, 0.1) is 13.8 Å². The number of aryl methyl sites for hydroxylation is 2. The number of ether oxygens (including phenoxy) is 2. The Morgan fingerprint density at radius 2 is 0.946 bits per heavy atom. The Hall–Kier alpha value is -3.60. The first-order valence-corrected chi connectivity index (χ1v) is 12.9. The molecule has 0 saturated carbocycles. The first-order chi connectivity index (χ1) is 18.1. The lowest BCUT2D eigenvalue weighted by molar-refractivity contribution is 0.232. The summed E-state index contributed by atoms with van der Waals surface area (Å²) in [7, 11) is 0. The van der Waals surface area contributed by atoms with Crippen LogP contribution in [-0.2, 0) is 5.41 Å². The van der Waals surface area contributed by atoms with Gasteiger partial charge in [0.25, 0.3) is 0 Å². The summed E-state index contributed by atoms with van der Waals surface area (Å²) in [6.07, 6.45) is 1.20. The second-order valence-corrected chi connectivity index (χ2v) is 9.29. The fourth-order valence-electron chi connectivity index (χ4n) is 4.96. The van der Waals surface area contributed by atoms with E-state index in [4.69, 9.17) is 19.7 Å². The van der Waals surface area contributed by atoms with Crippen LogP contribution in [0.15, 0.2) is 97.1 Å². The Balaban J connectivity index is 1.92. The molecule has 2 N–H and O–H groups in total. The molecule has 4 aromatic rings. The van der Waals surface area contributed by atoms with Gasteiger partial charge in [0.2, 0.25) is 0 Å². The topological polar surface area (TPSA) is 58.9 Å². The van der Waals surface area contributed by atoms with E-state index < -0.39 is 5.41 Å². The maximum absolute atomic E-state index is 9.14. The first kappa shape index (κ1) is 26.5. The van der Waals surface area contributed by atoms with E-state index in [9.17, 15) is 0 Å². The molecule has 0 unspecified atom stereocenters. The minimum Gasteiger partial charge on any atom is -0.493 e. The van der Waals surface area contributed by atoms with E-state index in [1.165, 1.54) is 11.1 Å². The second-order valence-electron chi connectivity index (χ2n) is 9.29. The third kappa shape index (κ3) is 5.71. The largest absolute Gasteiger partial charge is 0.493 e. The van der Waals surface area contributed by atoms with Crippen molar-refractivity contribution in [3.8, 4) is 11.5 Å². The molecule has 0 atom stereocenters. The summed E-state index contributed by atoms with van der Waals surface area (Å²) in [5.74, 6) is 1.66. The maximum Gasteiger partial charge on any atom is 0.122 e. The molecule has 4 heteroatoms. The highest BCUT2D eigenvalue weighted by Gasteiger charge is 2.38. The lowest BCUT2D eigenvalue weighted by atomic mass is 9.64. The van der Waals surface area contributed by atoms with Gasteiger partial charge in [-0.05, 0) is 59.4 Å². The Labute approximate surface area is 220 Å². The Kier molecular flexibility index (Phi) is 8.99. The van der Waals surface area contributed by atoms with Crippen LogP contribution in [0.4, 0.5) is 0 Å². The Morgan fingerprint density at radius 3 is 1.30 bits per heavy atom. The fraction of sp³-hybridized carbons (Fsp3) is 0.273. The van der Waals surface area contributed by atoms with Crippen molar-refractivity contribution in [2.75, 3.05) is 26.4 Å². The van der Waals surface area contributed by atoms with Gasteiger partial charge in [-0.15, -0.1) is 0 Å². The lowest BCUT2D eigenvalue weighted by Gasteiger charge is -2.37. The van der Waals surface area contributed by atoms with E-state index in [-0.39, 0.29) is 13.2 Å². The van der Waals surface area contributed by atoms with Crippen molar-refractivity contribution in [1.29, 1.82) is 0 Å². The van der Waals surface area contributed by atoms with Gasteiger partial charge in [0.1, 0.15) is 11.5 Å². The number of rotatable bonds is 12. The molecule has 4 rings (SSSR count). The highest BCUT2D eigenvalue weighted by Crippen LogP contribution is 2.46. The SMILES string of the molecule is Cc1cc(C(c2ccccc2)(c2ccccc2)c2ccc(OCCCO)c(C)c2)ccc1OCCCO. The van der Waals surface area contributed by atoms with E-state index >= 15 is 0 Å². The summed E-state index contributed by atoms with van der Waals surface area (Å²) < 4.78 is 11.9. The number of hydrogen-bond acceptors (Lipinski definition) is 4. The molecule has 0 aliphatic heterocycles. The minimum absolute atomic E-state index is 0.112. The average molecular weight is 497 g/mol. The van der Waals surface area contributed by atoms with Gasteiger partial charge in [0, 0.05) is 26.1 Å². The molecule has 0 amide bonds. The molecule has 0 bridgehead atoms. The first-order valence-electron chi connectivity index (χ1n) is 12.9. The van der Waals surface area contributed by atoms with Crippen LogP contribution in [0.25, 0.3) is 0 Å². The van der Waals surface area contributed by atoms with E-state index in [1.807, 2.05) is 24.3 Å². The minimum atomic E-state index is -0.564. The fourth-order valence-corrected chi connectivity index (χ4v) is 4.96. The predicted molar refractivity (Wildman–Crippen MR) is 149 cm³/mol. The van der Waals surface area contributed by atoms with Crippen LogP contribution in [0.3, 0.4) is 0 Å². The van der Waals surface area contributed by atoms with Gasteiger partial charge in [0.15, 0.2) is 0 Å². The van der Waals surface area contributed by atoms with Crippen molar-refractivity contribution in [3.05, 3.63) is 130 Å². The van der Waals surface area contributed by atoms with Gasteiger partial charge in [-0.3, -0.25) is 0 Å². The van der Waals surface area contributed by atoms with Crippen molar-refractivity contribution < 1.29 is 19.7 Å². The molecular formula is C33H36O4. The summed E-state index contributed by atoms with van der Waals surface area (Å²) in [6, 6.07) is 34.0. The van der Waals surface area contributed by atoms with E-state index in [1.54, 1.807) is 0 Å². The number of hydrogen-bond donors (Lipinski definition) is 2. The zero-order valence-electron chi connectivity index (χ0n) is 21.7. The zero-order valence-corrected chi connectivity index (χ0v) is 21.7. The van der Waals surface area contributed by atoms with Crippen LogP contribution in [-0.4, -0.2) is 36.6 Å². The third-order valence-electron chi connectivity index (χ3n) is 6.75. The second kappa shape index (κ2) is 12.6. The molecule has 0 aliphatic carbocycles. The number of aliphatic hydroxyl groups is 2. The molecule has 4 nitrogen and oxygen atoms in total. The van der Waals surface area contributed by atoms with Crippen LogP contribution >= 0.6 is 0 Å². The molecule has 0 fully saturated rings. The van der Waals surface area contributed by atoms with Crippen molar-refractivity contribution in [2.24, 2.45) is 0 Å². The standard InChI is InChI=1S/C33H36O4/c1-25-23-29(15-17-31(25)36-21-9-19-34)33(27-11-5-3-6-12-27,28-13-7-4-8-14-28)30-16-18-32(26(2)24-30)37-22-10-20-35/h3-8,11-18,23-24,34-35H,9-10,19-22H2,1-2H3. The molecule has 0 heterocycles. The molecule has 0 spiro atoms. The van der Waals surface area contributed by atoms with Gasteiger partial charge in [0.05, 0.1) is 18.6 Å². The van der Waals surface area contributed by atoms with Gasteiger partial charge in [-0.25, -0.2) is 0 Å². The van der Waals surface area contributed by atoms with Gasteiger partial charge < -0.3 is 19.7 Å². The average Bonchev–Trinajstić information content (AvgIpc) is 2.93. The van der Waals surface area contributed by atoms with Crippen molar-refractivity contribution in [1.82, 2.24) is 0 Å². The monoisotopic (exact) mass is 496 g/mol. The van der Waals surface area contributed by atoms with Crippen molar-refractivity contribution in [3.63, 3.8) is 0 Å². The molecule has 0 saturated heterocycles. The quantitative estimate of drug-likeness (QED) is 0.181. The third-order valence-corrected chi connectivity index (χ3v) is 6.75. The van der Waals surface area contributed by atoms with Crippen molar-refractivity contribution >= 4 is 0 Å². The summed E-state index contributed by atoms with van der Waals surface area (Å²) in [5, 5.41) is 18.3. The lowest BCUT2D eigenvalue weighted by Crippen LogP contribution is -2.31. The van der Waals surface area contributed by atoms with Crippen molar-refractivity contribution in [2.45, 2.75) is 32.1 Å². The smallest absolute Gasteiger partial charge is 0.122 e.